The van der Waals surface area contributed by atoms with Crippen molar-refractivity contribution in [2.45, 2.75) is 116 Å². The predicted molar refractivity (Wildman–Crippen MR) is 100 cm³/mol. The summed E-state index contributed by atoms with van der Waals surface area (Å²) in [5.41, 5.74) is 0. The molecule has 1 saturated carbocycles. The van der Waals surface area contributed by atoms with Gasteiger partial charge in [0, 0.05) is 5.33 Å². The van der Waals surface area contributed by atoms with E-state index >= 15 is 0 Å². The van der Waals surface area contributed by atoms with Gasteiger partial charge in [-0.2, -0.15) is 0 Å². The van der Waals surface area contributed by atoms with Crippen molar-refractivity contribution in [2.75, 3.05) is 5.33 Å². The summed E-state index contributed by atoms with van der Waals surface area (Å²) in [7, 11) is 0. The van der Waals surface area contributed by atoms with Gasteiger partial charge in [0.2, 0.25) is 0 Å². The zero-order valence-corrected chi connectivity index (χ0v) is 16.0. The van der Waals surface area contributed by atoms with Gasteiger partial charge in [-0.3, -0.25) is 0 Å². The summed E-state index contributed by atoms with van der Waals surface area (Å²) >= 11 is 3.50. The molecule has 0 bridgehead atoms. The fourth-order valence-corrected chi connectivity index (χ4v) is 4.17. The molecule has 0 aliphatic heterocycles. The Kier molecular flexibility index (Phi) is 14.3. The fourth-order valence-electron chi connectivity index (χ4n) is 3.77. The molecule has 0 unspecified atom stereocenters. The summed E-state index contributed by atoms with van der Waals surface area (Å²) in [6, 6.07) is 0. The molecule has 1 heteroatoms. The highest BCUT2D eigenvalue weighted by Gasteiger charge is 2.12. The van der Waals surface area contributed by atoms with E-state index in [-0.39, 0.29) is 0 Å². The summed E-state index contributed by atoms with van der Waals surface area (Å²) in [4.78, 5) is 0. The monoisotopic (exact) mass is 358 g/mol. The van der Waals surface area contributed by atoms with Crippen molar-refractivity contribution < 1.29 is 0 Å². The molecule has 0 amide bonds. The first-order chi connectivity index (χ1) is 10.4. The van der Waals surface area contributed by atoms with Gasteiger partial charge >= 0.3 is 0 Å². The molecule has 1 aliphatic carbocycles. The summed E-state index contributed by atoms with van der Waals surface area (Å²) < 4.78 is 0. The molecule has 0 nitrogen and oxygen atoms in total. The number of hydrogen-bond acceptors (Lipinski definition) is 0. The van der Waals surface area contributed by atoms with Gasteiger partial charge in [0.15, 0.2) is 0 Å². The van der Waals surface area contributed by atoms with E-state index in [0.29, 0.717) is 0 Å². The van der Waals surface area contributed by atoms with Crippen molar-refractivity contribution in [1.82, 2.24) is 0 Å². The Morgan fingerprint density at radius 2 is 0.952 bits per heavy atom. The number of alkyl halides is 1. The molecule has 0 atom stereocenters. The minimum Gasteiger partial charge on any atom is -0.0928 e. The smallest absolute Gasteiger partial charge is 0.00313 e. The highest BCUT2D eigenvalue weighted by molar-refractivity contribution is 9.09. The Bertz CT molecular complexity index is 196. The fraction of sp³-hybridized carbons (Fsp3) is 1.00. The second kappa shape index (κ2) is 15.4. The number of hydrogen-bond donors (Lipinski definition) is 0. The summed E-state index contributed by atoms with van der Waals surface area (Å²) in [6.07, 6.45) is 26.8. The van der Waals surface area contributed by atoms with Gasteiger partial charge in [-0.15, -0.1) is 0 Å². The van der Waals surface area contributed by atoms with Crippen LogP contribution in [0.4, 0.5) is 0 Å². The quantitative estimate of drug-likeness (QED) is 0.217. The van der Waals surface area contributed by atoms with E-state index in [1.54, 1.807) is 0 Å². The van der Waals surface area contributed by atoms with Gasteiger partial charge in [-0.1, -0.05) is 125 Å². The Morgan fingerprint density at radius 3 is 1.43 bits per heavy atom. The standard InChI is InChI=1S/C20H39Br/c21-19-15-10-8-6-4-2-1-3-5-7-9-12-16-20-17-13-11-14-18-20/h20H,1-19H2. The third-order valence-electron chi connectivity index (χ3n) is 5.22. The Morgan fingerprint density at radius 1 is 0.524 bits per heavy atom. The van der Waals surface area contributed by atoms with Crippen molar-refractivity contribution in [1.29, 1.82) is 0 Å². The minimum absolute atomic E-state index is 1.10. The second-order valence-electron chi connectivity index (χ2n) is 7.22. The molecule has 1 rings (SSSR count). The lowest BCUT2D eigenvalue weighted by molar-refractivity contribution is 0.328. The van der Waals surface area contributed by atoms with Crippen molar-refractivity contribution in [2.24, 2.45) is 5.92 Å². The van der Waals surface area contributed by atoms with E-state index in [1.807, 2.05) is 0 Å². The second-order valence-corrected chi connectivity index (χ2v) is 8.02. The summed E-state index contributed by atoms with van der Waals surface area (Å²) in [6.45, 7) is 0. The van der Waals surface area contributed by atoms with Crippen LogP contribution in [0.3, 0.4) is 0 Å². The molecule has 0 saturated heterocycles. The highest BCUT2D eigenvalue weighted by atomic mass is 79.9. The minimum atomic E-state index is 1.10. The molecule has 0 N–H and O–H groups in total. The Hall–Kier alpha value is 0.480. The predicted octanol–water partition coefficient (Wildman–Crippen LogP) is 8.03. The van der Waals surface area contributed by atoms with Crippen molar-refractivity contribution in [3.8, 4) is 0 Å². The zero-order valence-electron chi connectivity index (χ0n) is 14.4. The van der Waals surface area contributed by atoms with E-state index in [1.165, 1.54) is 121 Å². The zero-order chi connectivity index (χ0) is 15.0. The molecular formula is C20H39Br. The van der Waals surface area contributed by atoms with Crippen LogP contribution < -0.4 is 0 Å². The molecule has 0 heterocycles. The molecular weight excluding hydrogens is 320 g/mol. The van der Waals surface area contributed by atoms with Gasteiger partial charge in [0.25, 0.3) is 0 Å². The molecule has 0 aromatic heterocycles. The third-order valence-corrected chi connectivity index (χ3v) is 5.78. The highest BCUT2D eigenvalue weighted by Crippen LogP contribution is 2.28. The number of rotatable bonds is 14. The van der Waals surface area contributed by atoms with Gasteiger partial charge in [0.05, 0.1) is 0 Å². The topological polar surface area (TPSA) is 0 Å². The van der Waals surface area contributed by atoms with Crippen LogP contribution in [0, 0.1) is 5.92 Å². The van der Waals surface area contributed by atoms with E-state index in [0.717, 1.165) is 5.92 Å². The Labute approximate surface area is 143 Å². The Balaban J connectivity index is 1.69. The van der Waals surface area contributed by atoms with Crippen LogP contribution in [-0.4, -0.2) is 5.33 Å². The first kappa shape index (κ1) is 19.5. The van der Waals surface area contributed by atoms with Gasteiger partial charge in [0.1, 0.15) is 0 Å². The third kappa shape index (κ3) is 12.7. The van der Waals surface area contributed by atoms with E-state index in [9.17, 15) is 0 Å². The van der Waals surface area contributed by atoms with Crippen LogP contribution in [0.2, 0.25) is 0 Å². The first-order valence-electron chi connectivity index (χ1n) is 9.99. The van der Waals surface area contributed by atoms with Crippen LogP contribution in [0.5, 0.6) is 0 Å². The van der Waals surface area contributed by atoms with Crippen LogP contribution >= 0.6 is 15.9 Å². The molecule has 0 radical (unpaired) electrons. The lowest BCUT2D eigenvalue weighted by Crippen LogP contribution is -2.05. The maximum atomic E-state index is 3.50. The average Bonchev–Trinajstić information content (AvgIpc) is 2.53. The van der Waals surface area contributed by atoms with Gasteiger partial charge in [-0.05, 0) is 12.3 Å². The van der Waals surface area contributed by atoms with Crippen LogP contribution in [0.25, 0.3) is 0 Å². The summed E-state index contributed by atoms with van der Waals surface area (Å²) in [5, 5.41) is 1.19. The van der Waals surface area contributed by atoms with Gasteiger partial charge < -0.3 is 0 Å². The van der Waals surface area contributed by atoms with Crippen LogP contribution in [0.1, 0.15) is 116 Å². The average molecular weight is 359 g/mol. The lowest BCUT2D eigenvalue weighted by atomic mass is 9.85. The number of unbranched alkanes of at least 4 members (excludes halogenated alkanes) is 11. The van der Waals surface area contributed by atoms with Crippen molar-refractivity contribution >= 4 is 15.9 Å². The van der Waals surface area contributed by atoms with Crippen LogP contribution in [0.15, 0.2) is 0 Å². The maximum Gasteiger partial charge on any atom is 0.00313 e. The van der Waals surface area contributed by atoms with Gasteiger partial charge in [-0.25, -0.2) is 0 Å². The molecule has 0 aromatic rings. The molecule has 126 valence electrons. The molecule has 21 heavy (non-hydrogen) atoms. The lowest BCUT2D eigenvalue weighted by Gasteiger charge is -2.21. The summed E-state index contributed by atoms with van der Waals surface area (Å²) in [5.74, 6) is 1.10. The maximum absolute atomic E-state index is 3.50. The molecule has 0 aromatic carbocycles. The van der Waals surface area contributed by atoms with E-state index in [2.05, 4.69) is 15.9 Å². The van der Waals surface area contributed by atoms with Crippen LogP contribution in [-0.2, 0) is 0 Å². The van der Waals surface area contributed by atoms with E-state index < -0.39 is 0 Å². The van der Waals surface area contributed by atoms with Crippen molar-refractivity contribution in [3.63, 3.8) is 0 Å². The first-order valence-corrected chi connectivity index (χ1v) is 11.1. The largest absolute Gasteiger partial charge is 0.0928 e. The SMILES string of the molecule is BrCCCCCCCCCCCCCCC1CCCCC1. The normalized spacial score (nSPS) is 16.4. The molecule has 0 spiro atoms. The molecule has 1 aliphatic rings. The van der Waals surface area contributed by atoms with E-state index in [4.69, 9.17) is 0 Å². The number of halogens is 1. The molecule has 1 fully saturated rings. The van der Waals surface area contributed by atoms with Crippen molar-refractivity contribution in [3.05, 3.63) is 0 Å².